The zero-order valence-electron chi connectivity index (χ0n) is 11.5. The van der Waals surface area contributed by atoms with Gasteiger partial charge in [0.2, 0.25) is 0 Å². The van der Waals surface area contributed by atoms with Crippen molar-refractivity contribution >= 4 is 15.9 Å². The minimum absolute atomic E-state index is 0.314. The van der Waals surface area contributed by atoms with Crippen LogP contribution in [-0.4, -0.2) is 45.3 Å². The fraction of sp³-hybridized carbons (Fsp3) is 0.500. The Hall–Kier alpha value is -1.40. The molecule has 1 aromatic rings. The third-order valence-corrected chi connectivity index (χ3v) is 5.28. The zero-order valence-corrected chi connectivity index (χ0v) is 12.4. The summed E-state index contributed by atoms with van der Waals surface area (Å²) in [7, 11) is -1.59. The van der Waals surface area contributed by atoms with Crippen LogP contribution < -0.4 is 5.32 Å². The van der Waals surface area contributed by atoms with Crippen LogP contribution in [0.25, 0.3) is 0 Å². The van der Waals surface area contributed by atoms with Crippen molar-refractivity contribution in [2.24, 2.45) is 4.40 Å². The van der Waals surface area contributed by atoms with Crippen LogP contribution in [0.1, 0.15) is 24.8 Å². The second-order valence-electron chi connectivity index (χ2n) is 5.29. The molecule has 0 spiro atoms. The van der Waals surface area contributed by atoms with Crippen LogP contribution in [0.2, 0.25) is 0 Å². The van der Waals surface area contributed by atoms with Gasteiger partial charge in [-0.1, -0.05) is 12.1 Å². The second-order valence-corrected chi connectivity index (χ2v) is 6.86. The number of piperidine rings is 1. The van der Waals surface area contributed by atoms with Gasteiger partial charge >= 0.3 is 0 Å². The summed E-state index contributed by atoms with van der Waals surface area (Å²) in [5, 5.41) is 3.19. The van der Waals surface area contributed by atoms with Gasteiger partial charge in [0.05, 0.1) is 0 Å². The van der Waals surface area contributed by atoms with Gasteiger partial charge in [-0.15, -0.1) is 4.40 Å². The molecule has 3 rings (SSSR count). The molecule has 108 valence electrons. The van der Waals surface area contributed by atoms with E-state index in [0.29, 0.717) is 16.8 Å². The number of amidine groups is 1. The van der Waals surface area contributed by atoms with Crippen molar-refractivity contribution in [3.63, 3.8) is 0 Å². The maximum atomic E-state index is 12.1. The third kappa shape index (κ3) is 2.23. The fourth-order valence-electron chi connectivity index (χ4n) is 3.02. The largest absolute Gasteiger partial charge is 0.351 e. The Labute approximate surface area is 119 Å². The lowest BCUT2D eigenvalue weighted by molar-refractivity contribution is 0.239. The number of nitrogens with zero attached hydrogens (tertiary/aromatic N) is 2. The second kappa shape index (κ2) is 5.18. The SMILES string of the molecule is CNCC1CCCCN1C1=NS(=O)(=O)c2ccccc21. The van der Waals surface area contributed by atoms with Crippen molar-refractivity contribution in [2.45, 2.75) is 30.2 Å². The molecule has 2 aliphatic rings. The Bertz CT molecular complexity index is 638. The lowest BCUT2D eigenvalue weighted by atomic mass is 10.0. The van der Waals surface area contributed by atoms with E-state index in [0.717, 1.165) is 31.5 Å². The topological polar surface area (TPSA) is 61.8 Å². The van der Waals surface area contributed by atoms with Gasteiger partial charge in [0.15, 0.2) is 5.84 Å². The first-order chi connectivity index (χ1) is 9.63. The van der Waals surface area contributed by atoms with Crippen molar-refractivity contribution < 1.29 is 8.42 Å². The third-order valence-electron chi connectivity index (χ3n) is 3.95. The van der Waals surface area contributed by atoms with Crippen LogP contribution in [0.3, 0.4) is 0 Å². The van der Waals surface area contributed by atoms with Crippen LogP contribution in [0.15, 0.2) is 33.6 Å². The highest BCUT2D eigenvalue weighted by Crippen LogP contribution is 2.30. The molecule has 0 aliphatic carbocycles. The van der Waals surface area contributed by atoms with E-state index in [-0.39, 0.29) is 0 Å². The maximum absolute atomic E-state index is 12.1. The molecule has 1 aromatic carbocycles. The smallest absolute Gasteiger partial charge is 0.285 e. The molecule has 2 heterocycles. The van der Waals surface area contributed by atoms with Gasteiger partial charge < -0.3 is 10.2 Å². The van der Waals surface area contributed by atoms with E-state index in [1.165, 1.54) is 6.42 Å². The summed E-state index contributed by atoms with van der Waals surface area (Å²) >= 11 is 0. The Morgan fingerprint density at radius 3 is 2.95 bits per heavy atom. The Morgan fingerprint density at radius 1 is 1.35 bits per heavy atom. The Kier molecular flexibility index (Phi) is 3.52. The molecule has 0 bridgehead atoms. The van der Waals surface area contributed by atoms with Crippen LogP contribution in [-0.2, 0) is 10.0 Å². The number of hydrogen-bond acceptors (Lipinski definition) is 4. The molecular formula is C14H19N3O2S. The Morgan fingerprint density at radius 2 is 2.15 bits per heavy atom. The van der Waals surface area contributed by atoms with Crippen LogP contribution in [0.4, 0.5) is 0 Å². The van der Waals surface area contributed by atoms with Crippen molar-refractivity contribution in [3.8, 4) is 0 Å². The van der Waals surface area contributed by atoms with Gasteiger partial charge in [0, 0.05) is 24.7 Å². The van der Waals surface area contributed by atoms with E-state index in [1.54, 1.807) is 12.1 Å². The van der Waals surface area contributed by atoms with Gasteiger partial charge in [0.1, 0.15) is 4.90 Å². The minimum atomic E-state index is -3.52. The van der Waals surface area contributed by atoms with E-state index < -0.39 is 10.0 Å². The molecule has 1 saturated heterocycles. The van der Waals surface area contributed by atoms with Crippen LogP contribution >= 0.6 is 0 Å². The van der Waals surface area contributed by atoms with Crippen LogP contribution in [0.5, 0.6) is 0 Å². The summed E-state index contributed by atoms with van der Waals surface area (Å²) in [4.78, 5) is 2.49. The molecule has 2 aliphatic heterocycles. The van der Waals surface area contributed by atoms with E-state index in [4.69, 9.17) is 0 Å². The fourth-order valence-corrected chi connectivity index (χ4v) is 4.24. The standard InChI is InChI=1S/C14H19N3O2S/c1-15-10-11-6-4-5-9-17(11)14-12-7-2-3-8-13(12)20(18,19)16-14/h2-3,7-8,11,15H,4-6,9-10H2,1H3. The van der Waals surface area contributed by atoms with Crippen molar-refractivity contribution in [3.05, 3.63) is 29.8 Å². The number of benzene rings is 1. The molecule has 0 aromatic heterocycles. The molecule has 6 heteroatoms. The predicted octanol–water partition coefficient (Wildman–Crippen LogP) is 1.21. The molecule has 20 heavy (non-hydrogen) atoms. The number of likely N-dealkylation sites (tertiary alicyclic amines) is 1. The zero-order chi connectivity index (χ0) is 14.2. The number of fused-ring (bicyclic) bond motifs is 1. The van der Waals surface area contributed by atoms with Crippen molar-refractivity contribution in [2.75, 3.05) is 20.1 Å². The summed E-state index contributed by atoms with van der Waals surface area (Å²) in [5.41, 5.74) is 0.746. The molecule has 0 amide bonds. The number of likely N-dealkylation sites (N-methyl/N-ethyl adjacent to an activating group) is 1. The molecule has 1 fully saturated rings. The van der Waals surface area contributed by atoms with E-state index >= 15 is 0 Å². The number of sulfonamides is 1. The molecule has 0 saturated carbocycles. The normalized spacial score (nSPS) is 24.4. The first-order valence-electron chi connectivity index (χ1n) is 6.99. The lowest BCUT2D eigenvalue weighted by Gasteiger charge is -2.37. The minimum Gasteiger partial charge on any atom is -0.351 e. The lowest BCUT2D eigenvalue weighted by Crippen LogP contribution is -2.48. The summed E-state index contributed by atoms with van der Waals surface area (Å²) in [5.74, 6) is 0.626. The van der Waals surface area contributed by atoms with Gasteiger partial charge in [-0.05, 0) is 38.4 Å². The van der Waals surface area contributed by atoms with Gasteiger partial charge in [-0.25, -0.2) is 0 Å². The molecular weight excluding hydrogens is 274 g/mol. The number of nitrogens with one attached hydrogen (secondary N) is 1. The van der Waals surface area contributed by atoms with E-state index in [2.05, 4.69) is 14.6 Å². The first-order valence-corrected chi connectivity index (χ1v) is 8.43. The number of hydrogen-bond donors (Lipinski definition) is 1. The van der Waals surface area contributed by atoms with Gasteiger partial charge in [-0.3, -0.25) is 0 Å². The van der Waals surface area contributed by atoms with E-state index in [9.17, 15) is 8.42 Å². The first kappa shape index (κ1) is 13.6. The molecule has 1 atom stereocenters. The number of rotatable bonds is 2. The van der Waals surface area contributed by atoms with Crippen molar-refractivity contribution in [1.82, 2.24) is 10.2 Å². The molecule has 5 nitrogen and oxygen atoms in total. The van der Waals surface area contributed by atoms with Gasteiger partial charge in [0.25, 0.3) is 10.0 Å². The maximum Gasteiger partial charge on any atom is 0.285 e. The molecule has 1 N–H and O–H groups in total. The van der Waals surface area contributed by atoms with E-state index in [1.807, 2.05) is 19.2 Å². The average Bonchev–Trinajstić information content (AvgIpc) is 2.72. The Balaban J connectivity index is 2.01. The quantitative estimate of drug-likeness (QED) is 0.890. The average molecular weight is 293 g/mol. The monoisotopic (exact) mass is 293 g/mol. The highest BCUT2D eigenvalue weighted by Gasteiger charge is 2.34. The molecule has 0 radical (unpaired) electrons. The predicted molar refractivity (Wildman–Crippen MR) is 78.4 cm³/mol. The van der Waals surface area contributed by atoms with Gasteiger partial charge in [-0.2, -0.15) is 8.42 Å². The summed E-state index contributed by atoms with van der Waals surface area (Å²) in [6, 6.07) is 7.42. The summed E-state index contributed by atoms with van der Waals surface area (Å²) < 4.78 is 28.3. The molecule has 1 unspecified atom stereocenters. The summed E-state index contributed by atoms with van der Waals surface area (Å²) in [6.45, 7) is 1.72. The van der Waals surface area contributed by atoms with Crippen molar-refractivity contribution in [1.29, 1.82) is 0 Å². The highest BCUT2D eigenvalue weighted by molar-refractivity contribution is 7.90. The summed E-state index contributed by atoms with van der Waals surface area (Å²) in [6.07, 6.45) is 3.34. The van der Waals surface area contributed by atoms with Crippen LogP contribution in [0, 0.1) is 0 Å². The highest BCUT2D eigenvalue weighted by atomic mass is 32.2.